The van der Waals surface area contributed by atoms with Crippen LogP contribution in [0.15, 0.2) is 40.3 Å². The molecule has 6 nitrogen and oxygen atoms in total. The van der Waals surface area contributed by atoms with Crippen LogP contribution in [0.5, 0.6) is 0 Å². The molecule has 0 spiro atoms. The summed E-state index contributed by atoms with van der Waals surface area (Å²) < 4.78 is 18.9. The molecule has 0 aliphatic rings. The molecule has 0 fully saturated rings. The summed E-state index contributed by atoms with van der Waals surface area (Å²) in [5.41, 5.74) is 0.420. The lowest BCUT2D eigenvalue weighted by Crippen LogP contribution is -2.13. The third-order valence-electron chi connectivity index (χ3n) is 3.64. The van der Waals surface area contributed by atoms with Crippen molar-refractivity contribution in [1.29, 1.82) is 5.26 Å². The van der Waals surface area contributed by atoms with Crippen LogP contribution in [0.1, 0.15) is 30.5 Å². The molecule has 0 aliphatic carbocycles. The first-order chi connectivity index (χ1) is 13.4. The standard InChI is InChI=1S/C19H14ClFN4O2S/c1-10(2)18-24-25-19(28-18)23-17(26)12(9-22)7-13-4-6-16(27-13)11-3-5-15(21)14(20)8-11/h3-8,10H,1-2H3,(H,23,25,26)/b12-7-. The summed E-state index contributed by atoms with van der Waals surface area (Å²) in [6.07, 6.45) is 1.31. The Balaban J connectivity index is 1.78. The number of benzene rings is 1. The first-order valence-corrected chi connectivity index (χ1v) is 9.38. The molecule has 0 aliphatic heterocycles. The molecule has 2 heterocycles. The van der Waals surface area contributed by atoms with Gasteiger partial charge < -0.3 is 4.42 Å². The minimum absolute atomic E-state index is 0.0269. The number of carbonyl (C=O) groups is 1. The first kappa shape index (κ1) is 19.7. The van der Waals surface area contributed by atoms with E-state index in [1.165, 1.54) is 35.6 Å². The molecule has 3 rings (SSSR count). The smallest absolute Gasteiger partial charge is 0.268 e. The van der Waals surface area contributed by atoms with Gasteiger partial charge in [-0.1, -0.05) is 36.8 Å². The molecule has 142 valence electrons. The zero-order chi connectivity index (χ0) is 20.3. The molecule has 2 aromatic heterocycles. The highest BCUT2D eigenvalue weighted by Gasteiger charge is 2.15. The van der Waals surface area contributed by atoms with E-state index in [0.717, 1.165) is 5.01 Å². The summed E-state index contributed by atoms with van der Waals surface area (Å²) >= 11 is 7.03. The fraction of sp³-hybridized carbons (Fsp3) is 0.158. The van der Waals surface area contributed by atoms with E-state index in [1.54, 1.807) is 12.1 Å². The minimum Gasteiger partial charge on any atom is -0.457 e. The Labute approximate surface area is 169 Å². The second kappa shape index (κ2) is 8.33. The number of rotatable bonds is 5. The van der Waals surface area contributed by atoms with Crippen molar-refractivity contribution in [3.8, 4) is 17.4 Å². The SMILES string of the molecule is CC(C)c1nnc(NC(=O)/C(C#N)=C\c2ccc(-c3ccc(F)c(Cl)c3)o2)s1. The summed E-state index contributed by atoms with van der Waals surface area (Å²) in [5, 5.41) is 20.8. The van der Waals surface area contributed by atoms with E-state index in [0.29, 0.717) is 22.2 Å². The van der Waals surface area contributed by atoms with Gasteiger partial charge in [0.25, 0.3) is 5.91 Å². The van der Waals surface area contributed by atoms with Crippen LogP contribution in [-0.2, 0) is 4.79 Å². The Morgan fingerprint density at radius 2 is 2.14 bits per heavy atom. The monoisotopic (exact) mass is 416 g/mol. The van der Waals surface area contributed by atoms with Crippen LogP contribution in [0.3, 0.4) is 0 Å². The number of anilines is 1. The van der Waals surface area contributed by atoms with Crippen molar-refractivity contribution >= 4 is 40.1 Å². The number of carbonyl (C=O) groups excluding carboxylic acids is 1. The van der Waals surface area contributed by atoms with Crippen molar-refractivity contribution in [2.45, 2.75) is 19.8 Å². The Hall–Kier alpha value is -3.02. The number of aromatic nitrogens is 2. The summed E-state index contributed by atoms with van der Waals surface area (Å²) in [6.45, 7) is 3.94. The number of furan rings is 1. The van der Waals surface area contributed by atoms with E-state index in [2.05, 4.69) is 15.5 Å². The third-order valence-corrected chi connectivity index (χ3v) is 5.07. The number of hydrogen-bond acceptors (Lipinski definition) is 6. The predicted octanol–water partition coefficient (Wildman–Crippen LogP) is 5.26. The van der Waals surface area contributed by atoms with Gasteiger partial charge in [-0.2, -0.15) is 5.26 Å². The van der Waals surface area contributed by atoms with E-state index in [-0.39, 0.29) is 16.5 Å². The fourth-order valence-corrected chi connectivity index (χ4v) is 3.13. The van der Waals surface area contributed by atoms with Crippen LogP contribution in [0.2, 0.25) is 5.02 Å². The Bertz CT molecular complexity index is 1100. The number of nitrogens with one attached hydrogen (secondary N) is 1. The van der Waals surface area contributed by atoms with Gasteiger partial charge in [-0.3, -0.25) is 10.1 Å². The lowest BCUT2D eigenvalue weighted by molar-refractivity contribution is -0.112. The van der Waals surface area contributed by atoms with Crippen LogP contribution >= 0.6 is 22.9 Å². The summed E-state index contributed by atoms with van der Waals surface area (Å²) in [7, 11) is 0. The Morgan fingerprint density at radius 3 is 2.79 bits per heavy atom. The van der Waals surface area contributed by atoms with Gasteiger partial charge in [-0.15, -0.1) is 10.2 Å². The number of amides is 1. The van der Waals surface area contributed by atoms with E-state index in [9.17, 15) is 14.4 Å². The molecule has 0 atom stereocenters. The second-order valence-electron chi connectivity index (χ2n) is 6.05. The van der Waals surface area contributed by atoms with Gasteiger partial charge >= 0.3 is 0 Å². The highest BCUT2D eigenvalue weighted by molar-refractivity contribution is 7.15. The zero-order valence-electron chi connectivity index (χ0n) is 14.9. The van der Waals surface area contributed by atoms with Gasteiger partial charge in [-0.25, -0.2) is 4.39 Å². The van der Waals surface area contributed by atoms with Crippen molar-refractivity contribution in [1.82, 2.24) is 10.2 Å². The minimum atomic E-state index is -0.614. The molecule has 1 aromatic carbocycles. The second-order valence-corrected chi connectivity index (χ2v) is 7.47. The number of nitriles is 1. The van der Waals surface area contributed by atoms with Gasteiger partial charge in [0.1, 0.15) is 34.0 Å². The highest BCUT2D eigenvalue weighted by Crippen LogP contribution is 2.27. The van der Waals surface area contributed by atoms with E-state index in [4.69, 9.17) is 16.0 Å². The van der Waals surface area contributed by atoms with E-state index in [1.807, 2.05) is 19.9 Å². The molecule has 0 radical (unpaired) electrons. The van der Waals surface area contributed by atoms with Gasteiger partial charge in [0, 0.05) is 17.6 Å². The highest BCUT2D eigenvalue weighted by atomic mass is 35.5. The predicted molar refractivity (Wildman–Crippen MR) is 105 cm³/mol. The van der Waals surface area contributed by atoms with Crippen molar-refractivity contribution in [3.05, 3.63) is 57.5 Å². The average molecular weight is 417 g/mol. The normalized spacial score (nSPS) is 11.5. The summed E-state index contributed by atoms with van der Waals surface area (Å²) in [5.74, 6) is -0.232. The van der Waals surface area contributed by atoms with Crippen molar-refractivity contribution < 1.29 is 13.6 Å². The largest absolute Gasteiger partial charge is 0.457 e. The van der Waals surface area contributed by atoms with Gasteiger partial charge in [0.15, 0.2) is 0 Å². The van der Waals surface area contributed by atoms with Crippen LogP contribution < -0.4 is 5.32 Å². The molecule has 0 saturated carbocycles. The average Bonchev–Trinajstić information content (AvgIpc) is 3.31. The number of hydrogen-bond donors (Lipinski definition) is 1. The fourth-order valence-electron chi connectivity index (χ4n) is 2.21. The molecule has 0 unspecified atom stereocenters. The van der Waals surface area contributed by atoms with Crippen LogP contribution in [0, 0.1) is 17.1 Å². The summed E-state index contributed by atoms with van der Waals surface area (Å²) in [6, 6.07) is 9.27. The zero-order valence-corrected chi connectivity index (χ0v) is 16.4. The van der Waals surface area contributed by atoms with Gasteiger partial charge in [0.2, 0.25) is 5.13 Å². The molecule has 28 heavy (non-hydrogen) atoms. The molecule has 1 amide bonds. The lowest BCUT2D eigenvalue weighted by Gasteiger charge is -2.00. The Morgan fingerprint density at radius 1 is 1.36 bits per heavy atom. The van der Waals surface area contributed by atoms with Crippen molar-refractivity contribution in [2.24, 2.45) is 0 Å². The van der Waals surface area contributed by atoms with E-state index < -0.39 is 11.7 Å². The van der Waals surface area contributed by atoms with Crippen molar-refractivity contribution in [2.75, 3.05) is 5.32 Å². The molecule has 0 saturated heterocycles. The molecule has 9 heteroatoms. The molecule has 3 aromatic rings. The quantitative estimate of drug-likeness (QED) is 0.452. The topological polar surface area (TPSA) is 91.8 Å². The van der Waals surface area contributed by atoms with Crippen LogP contribution in [-0.4, -0.2) is 16.1 Å². The lowest BCUT2D eigenvalue weighted by atomic mass is 10.2. The molecule has 0 bridgehead atoms. The molecular formula is C19H14ClFN4O2S. The molecular weight excluding hydrogens is 403 g/mol. The third kappa shape index (κ3) is 4.44. The Kier molecular flexibility index (Phi) is 5.87. The number of nitrogens with zero attached hydrogens (tertiary/aromatic N) is 3. The van der Waals surface area contributed by atoms with Gasteiger partial charge in [-0.05, 0) is 30.3 Å². The summed E-state index contributed by atoms with van der Waals surface area (Å²) in [4.78, 5) is 12.3. The maximum absolute atomic E-state index is 13.3. The number of halogens is 2. The van der Waals surface area contributed by atoms with Crippen LogP contribution in [0.25, 0.3) is 17.4 Å². The van der Waals surface area contributed by atoms with Crippen LogP contribution in [0.4, 0.5) is 9.52 Å². The van der Waals surface area contributed by atoms with Crippen molar-refractivity contribution in [3.63, 3.8) is 0 Å². The maximum Gasteiger partial charge on any atom is 0.268 e. The molecule has 1 N–H and O–H groups in total. The van der Waals surface area contributed by atoms with E-state index >= 15 is 0 Å². The maximum atomic E-state index is 13.3. The first-order valence-electron chi connectivity index (χ1n) is 8.19. The van der Waals surface area contributed by atoms with Gasteiger partial charge in [0.05, 0.1) is 5.02 Å².